The number of hydrogen-bond acceptors (Lipinski definition) is 4. The van der Waals surface area contributed by atoms with Gasteiger partial charge in [0.25, 0.3) is 0 Å². The molecule has 4 saturated carbocycles. The van der Waals surface area contributed by atoms with E-state index in [-0.39, 0.29) is 45.1 Å². The molecule has 8 atom stereocenters. The molecule has 0 amide bonds. The van der Waals surface area contributed by atoms with Gasteiger partial charge in [-0.05, 0) is 66.9 Å². The summed E-state index contributed by atoms with van der Waals surface area (Å²) < 4.78 is 0. The molecule has 4 fully saturated rings. The van der Waals surface area contributed by atoms with Gasteiger partial charge in [-0.1, -0.05) is 32.4 Å². The molecule has 0 heterocycles. The summed E-state index contributed by atoms with van der Waals surface area (Å²) in [5.74, 6) is 0.475. The number of aliphatic hydroxyl groups excluding tert-OH is 2. The first-order chi connectivity index (χ1) is 12.7. The normalized spacial score (nSPS) is 55.1. The second-order valence-corrected chi connectivity index (χ2v) is 10.5. The van der Waals surface area contributed by atoms with Crippen molar-refractivity contribution < 1.29 is 19.8 Å². The lowest BCUT2D eigenvalue weighted by molar-refractivity contribution is -0.142. The van der Waals surface area contributed by atoms with E-state index in [1.807, 2.05) is 0 Å². The van der Waals surface area contributed by atoms with E-state index in [2.05, 4.69) is 26.8 Å². The van der Waals surface area contributed by atoms with Crippen molar-refractivity contribution in [3.8, 4) is 0 Å². The standard InChI is InChI=1S/C23H30O4/c1-13-8-17-20(2,19(13)16(26)11-24)10-18(27)23-12-22(17,23)7-4-14-9-15(25)5-6-21(14,23)3/h5-6,9,13,17-19,24,27H,4,7-8,10-12H2,1-3H3. The Labute approximate surface area is 160 Å². The maximum absolute atomic E-state index is 12.6. The fraction of sp³-hybridized carbons (Fsp3) is 0.739. The van der Waals surface area contributed by atoms with Crippen molar-refractivity contribution >= 4 is 11.6 Å². The molecule has 2 N–H and O–H groups in total. The van der Waals surface area contributed by atoms with Gasteiger partial charge in [-0.2, -0.15) is 0 Å². The highest BCUT2D eigenvalue weighted by Gasteiger charge is 2.85. The Morgan fingerprint density at radius 3 is 2.78 bits per heavy atom. The quantitative estimate of drug-likeness (QED) is 0.784. The van der Waals surface area contributed by atoms with Crippen molar-refractivity contribution in [2.75, 3.05) is 6.61 Å². The highest BCUT2D eigenvalue weighted by Crippen LogP contribution is 2.89. The first-order valence-corrected chi connectivity index (χ1v) is 10.4. The van der Waals surface area contributed by atoms with Gasteiger partial charge in [0.15, 0.2) is 11.6 Å². The number of ketones is 2. The molecule has 27 heavy (non-hydrogen) atoms. The van der Waals surface area contributed by atoms with Crippen LogP contribution in [0.3, 0.4) is 0 Å². The molecule has 0 spiro atoms. The molecular formula is C23H30O4. The third-order valence-electron chi connectivity index (χ3n) is 9.74. The van der Waals surface area contributed by atoms with E-state index in [1.165, 1.54) is 5.57 Å². The van der Waals surface area contributed by atoms with Crippen molar-refractivity contribution in [2.24, 2.45) is 39.4 Å². The van der Waals surface area contributed by atoms with E-state index >= 15 is 0 Å². The average Bonchev–Trinajstić information content (AvgIpc) is 3.26. The number of aliphatic hydroxyl groups is 2. The first-order valence-electron chi connectivity index (χ1n) is 10.4. The Hall–Kier alpha value is -1.26. The van der Waals surface area contributed by atoms with Crippen molar-refractivity contribution in [3.63, 3.8) is 0 Å². The molecule has 0 aromatic rings. The predicted molar refractivity (Wildman–Crippen MR) is 101 cm³/mol. The summed E-state index contributed by atoms with van der Waals surface area (Å²) >= 11 is 0. The zero-order valence-electron chi connectivity index (χ0n) is 16.5. The van der Waals surface area contributed by atoms with Crippen LogP contribution in [0.1, 0.15) is 52.9 Å². The average molecular weight is 370 g/mol. The van der Waals surface area contributed by atoms with Gasteiger partial charge in [0.2, 0.25) is 0 Å². The van der Waals surface area contributed by atoms with Crippen LogP contribution in [0.15, 0.2) is 23.8 Å². The predicted octanol–water partition coefficient (Wildman–Crippen LogP) is 2.83. The Balaban J connectivity index is 1.62. The fourth-order valence-corrected chi connectivity index (χ4v) is 8.86. The summed E-state index contributed by atoms with van der Waals surface area (Å²) in [5, 5.41) is 21.1. The zero-order chi connectivity index (χ0) is 19.4. The van der Waals surface area contributed by atoms with E-state index < -0.39 is 12.7 Å². The van der Waals surface area contributed by atoms with Gasteiger partial charge < -0.3 is 10.2 Å². The molecule has 4 nitrogen and oxygen atoms in total. The second kappa shape index (κ2) is 5.01. The Kier molecular flexibility index (Phi) is 3.31. The Morgan fingerprint density at radius 2 is 2.07 bits per heavy atom. The Bertz CT molecular complexity index is 811. The summed E-state index contributed by atoms with van der Waals surface area (Å²) in [6.07, 6.45) is 9.57. The maximum atomic E-state index is 12.6. The van der Waals surface area contributed by atoms with Crippen LogP contribution in [0.5, 0.6) is 0 Å². The zero-order valence-corrected chi connectivity index (χ0v) is 16.5. The number of carbonyl (C=O) groups is 2. The molecule has 0 bridgehead atoms. The van der Waals surface area contributed by atoms with Gasteiger partial charge in [0, 0.05) is 16.7 Å². The molecule has 5 rings (SSSR count). The molecule has 146 valence electrons. The van der Waals surface area contributed by atoms with Crippen LogP contribution < -0.4 is 0 Å². The van der Waals surface area contributed by atoms with Gasteiger partial charge in [-0.3, -0.25) is 9.59 Å². The number of Topliss-reactive ketones (excluding diaryl/α,β-unsaturated/α-hetero) is 1. The SMILES string of the molecule is CC1CC2C(C)(CC(O)C34CC23CCC2=CC(=O)C=CC24C)C1C(=O)CO. The molecular weight excluding hydrogens is 340 g/mol. The van der Waals surface area contributed by atoms with Crippen LogP contribution in [0.25, 0.3) is 0 Å². The Morgan fingerprint density at radius 1 is 1.33 bits per heavy atom. The third-order valence-corrected chi connectivity index (χ3v) is 9.74. The topological polar surface area (TPSA) is 74.6 Å². The molecule has 5 aliphatic carbocycles. The van der Waals surface area contributed by atoms with Crippen LogP contribution in [0, 0.1) is 39.4 Å². The fourth-order valence-electron chi connectivity index (χ4n) is 8.86. The van der Waals surface area contributed by atoms with Crippen LogP contribution in [-0.4, -0.2) is 34.5 Å². The minimum atomic E-state index is -0.482. The van der Waals surface area contributed by atoms with Crippen molar-refractivity contribution in [2.45, 2.75) is 59.0 Å². The van der Waals surface area contributed by atoms with E-state index in [0.717, 1.165) is 25.7 Å². The molecule has 8 unspecified atom stereocenters. The van der Waals surface area contributed by atoms with E-state index in [1.54, 1.807) is 12.2 Å². The van der Waals surface area contributed by atoms with Crippen LogP contribution in [0.4, 0.5) is 0 Å². The van der Waals surface area contributed by atoms with Gasteiger partial charge in [-0.25, -0.2) is 0 Å². The lowest BCUT2D eigenvalue weighted by Crippen LogP contribution is -2.56. The number of allylic oxidation sites excluding steroid dienone is 4. The van der Waals surface area contributed by atoms with E-state index in [0.29, 0.717) is 12.3 Å². The summed E-state index contributed by atoms with van der Waals surface area (Å²) in [6, 6.07) is 0. The minimum absolute atomic E-state index is 0.0506. The maximum Gasteiger partial charge on any atom is 0.178 e. The van der Waals surface area contributed by atoms with Gasteiger partial charge in [0.1, 0.15) is 6.61 Å². The molecule has 5 aliphatic rings. The number of fused-ring (bicyclic) bond motifs is 2. The second-order valence-electron chi connectivity index (χ2n) is 10.5. The lowest BCUT2D eigenvalue weighted by atomic mass is 9.46. The van der Waals surface area contributed by atoms with Crippen molar-refractivity contribution in [1.29, 1.82) is 0 Å². The highest BCUT2D eigenvalue weighted by atomic mass is 16.3. The van der Waals surface area contributed by atoms with Crippen LogP contribution >= 0.6 is 0 Å². The largest absolute Gasteiger partial charge is 0.392 e. The molecule has 0 aliphatic heterocycles. The third kappa shape index (κ3) is 1.74. The van der Waals surface area contributed by atoms with E-state index in [9.17, 15) is 19.8 Å². The molecule has 0 saturated heterocycles. The monoisotopic (exact) mass is 370 g/mol. The summed E-state index contributed by atoms with van der Waals surface area (Å²) in [4.78, 5) is 24.6. The smallest absolute Gasteiger partial charge is 0.178 e. The lowest BCUT2D eigenvalue weighted by Gasteiger charge is -2.58. The van der Waals surface area contributed by atoms with Crippen molar-refractivity contribution in [3.05, 3.63) is 23.8 Å². The molecule has 0 aromatic heterocycles. The number of hydrogen-bond donors (Lipinski definition) is 2. The summed E-state index contributed by atoms with van der Waals surface area (Å²) in [7, 11) is 0. The summed E-state index contributed by atoms with van der Waals surface area (Å²) in [5.41, 5.74) is 0.518. The number of rotatable bonds is 2. The van der Waals surface area contributed by atoms with Crippen LogP contribution in [0.2, 0.25) is 0 Å². The van der Waals surface area contributed by atoms with Gasteiger partial charge >= 0.3 is 0 Å². The minimum Gasteiger partial charge on any atom is -0.392 e. The summed E-state index contributed by atoms with van der Waals surface area (Å²) in [6.45, 7) is 6.14. The van der Waals surface area contributed by atoms with E-state index in [4.69, 9.17) is 0 Å². The van der Waals surface area contributed by atoms with Gasteiger partial charge in [0.05, 0.1) is 6.10 Å². The number of carbonyl (C=O) groups excluding carboxylic acids is 2. The molecule has 0 aromatic carbocycles. The van der Waals surface area contributed by atoms with Crippen molar-refractivity contribution in [1.82, 2.24) is 0 Å². The molecule has 4 heteroatoms. The first kappa shape index (κ1) is 17.8. The molecule has 0 radical (unpaired) electrons. The van der Waals surface area contributed by atoms with Gasteiger partial charge in [-0.15, -0.1) is 0 Å². The highest BCUT2D eigenvalue weighted by molar-refractivity contribution is 6.01. The van der Waals surface area contributed by atoms with Crippen LogP contribution in [-0.2, 0) is 9.59 Å².